The Labute approximate surface area is 124 Å². The summed E-state index contributed by atoms with van der Waals surface area (Å²) in [4.78, 5) is 22.6. The van der Waals surface area contributed by atoms with Crippen LogP contribution in [0.5, 0.6) is 0 Å². The van der Waals surface area contributed by atoms with Crippen molar-refractivity contribution in [1.29, 1.82) is 0 Å². The van der Waals surface area contributed by atoms with Crippen molar-refractivity contribution in [3.63, 3.8) is 0 Å². The molecule has 1 aliphatic heterocycles. The maximum Gasteiger partial charge on any atom is 0.305 e. The highest BCUT2D eigenvalue weighted by atomic mass is 16.8. The predicted octanol–water partition coefficient (Wildman–Crippen LogP) is 1.04. The summed E-state index contributed by atoms with van der Waals surface area (Å²) >= 11 is 0. The Morgan fingerprint density at radius 2 is 1.76 bits per heavy atom. The number of hydrogen-bond acceptors (Lipinski definition) is 7. The van der Waals surface area contributed by atoms with Crippen LogP contribution in [0.4, 0.5) is 0 Å². The molecule has 0 aromatic heterocycles. The van der Waals surface area contributed by atoms with Gasteiger partial charge >= 0.3 is 11.9 Å². The van der Waals surface area contributed by atoms with Gasteiger partial charge < -0.3 is 23.7 Å². The lowest BCUT2D eigenvalue weighted by molar-refractivity contribution is -0.221. The van der Waals surface area contributed by atoms with E-state index in [2.05, 4.69) is 0 Å². The van der Waals surface area contributed by atoms with Gasteiger partial charge in [-0.25, -0.2) is 0 Å². The minimum absolute atomic E-state index is 0.342. The van der Waals surface area contributed by atoms with E-state index in [4.69, 9.17) is 23.7 Å². The number of methoxy groups -OCH3 is 2. The summed E-state index contributed by atoms with van der Waals surface area (Å²) in [6.45, 7) is 6.28. The van der Waals surface area contributed by atoms with E-state index in [0.717, 1.165) is 0 Å². The normalized spacial score (nSPS) is 33.5. The average molecular weight is 304 g/mol. The Morgan fingerprint density at radius 1 is 1.19 bits per heavy atom. The summed E-state index contributed by atoms with van der Waals surface area (Å²) in [5.41, 5.74) is -0.871. The van der Waals surface area contributed by atoms with E-state index < -0.39 is 36.0 Å². The summed E-state index contributed by atoms with van der Waals surface area (Å²) in [6.07, 6.45) is -2.27. The molecule has 0 aromatic carbocycles. The third-order valence-corrected chi connectivity index (χ3v) is 3.82. The second-order valence-electron chi connectivity index (χ2n) is 5.01. The topological polar surface area (TPSA) is 80.3 Å². The van der Waals surface area contributed by atoms with Crippen LogP contribution in [0.25, 0.3) is 0 Å². The zero-order valence-electron chi connectivity index (χ0n) is 13.4. The average Bonchev–Trinajstić information content (AvgIpc) is 2.70. The molecule has 7 heteroatoms. The molecule has 1 saturated heterocycles. The minimum Gasteiger partial charge on any atom is -0.453 e. The summed E-state index contributed by atoms with van der Waals surface area (Å²) in [5.74, 6) is -1.02. The van der Waals surface area contributed by atoms with Gasteiger partial charge in [0.15, 0.2) is 6.10 Å². The minimum atomic E-state index is -1.02. The number of carbonyl (C=O) groups is 2. The van der Waals surface area contributed by atoms with Gasteiger partial charge in [0, 0.05) is 28.1 Å². The van der Waals surface area contributed by atoms with E-state index in [1.54, 1.807) is 7.11 Å². The van der Waals surface area contributed by atoms with Gasteiger partial charge in [0.2, 0.25) is 6.29 Å². The number of carbonyl (C=O) groups excluding carboxylic acids is 2. The number of esters is 2. The molecule has 0 amide bonds. The van der Waals surface area contributed by atoms with Crippen molar-refractivity contribution in [2.75, 3.05) is 14.2 Å². The molecular weight excluding hydrogens is 280 g/mol. The van der Waals surface area contributed by atoms with Gasteiger partial charge in [0.1, 0.15) is 11.7 Å². The van der Waals surface area contributed by atoms with E-state index in [9.17, 15) is 9.59 Å². The van der Waals surface area contributed by atoms with E-state index in [1.165, 1.54) is 21.0 Å². The molecule has 5 atom stereocenters. The maximum atomic E-state index is 11.3. The molecular formula is C14H24O7. The van der Waals surface area contributed by atoms with Gasteiger partial charge in [-0.2, -0.15) is 0 Å². The van der Waals surface area contributed by atoms with Crippen LogP contribution in [0.2, 0.25) is 0 Å². The number of hydrogen-bond donors (Lipinski definition) is 0. The molecule has 7 nitrogen and oxygen atoms in total. The molecule has 0 aliphatic carbocycles. The van der Waals surface area contributed by atoms with Crippen molar-refractivity contribution in [2.24, 2.45) is 0 Å². The highest BCUT2D eigenvalue weighted by molar-refractivity contribution is 5.67. The molecule has 0 bridgehead atoms. The van der Waals surface area contributed by atoms with Crippen LogP contribution in [-0.4, -0.2) is 56.4 Å². The van der Waals surface area contributed by atoms with E-state index in [-0.39, 0.29) is 6.10 Å². The number of rotatable bonds is 6. The zero-order valence-corrected chi connectivity index (χ0v) is 13.4. The monoisotopic (exact) mass is 304 g/mol. The molecule has 1 rings (SSSR count). The highest BCUT2D eigenvalue weighted by Gasteiger charge is 2.60. The van der Waals surface area contributed by atoms with Crippen molar-refractivity contribution < 1.29 is 33.3 Å². The van der Waals surface area contributed by atoms with Crippen LogP contribution in [0.3, 0.4) is 0 Å². The lowest BCUT2D eigenvalue weighted by atomic mass is 9.87. The summed E-state index contributed by atoms with van der Waals surface area (Å²) in [7, 11) is 3.05. The molecule has 0 N–H and O–H groups in total. The first-order valence-corrected chi connectivity index (χ1v) is 6.90. The summed E-state index contributed by atoms with van der Waals surface area (Å²) in [5, 5.41) is 0. The molecule has 1 heterocycles. The highest BCUT2D eigenvalue weighted by Crippen LogP contribution is 2.41. The Bertz CT molecular complexity index is 384. The molecule has 21 heavy (non-hydrogen) atoms. The predicted molar refractivity (Wildman–Crippen MR) is 72.5 cm³/mol. The van der Waals surface area contributed by atoms with Crippen LogP contribution in [0.15, 0.2) is 0 Å². The fraction of sp³-hybridized carbons (Fsp3) is 0.857. The van der Waals surface area contributed by atoms with Crippen LogP contribution in [-0.2, 0) is 33.3 Å². The molecule has 0 spiro atoms. The molecule has 1 aliphatic rings. The van der Waals surface area contributed by atoms with Gasteiger partial charge in [0.25, 0.3) is 0 Å². The molecule has 1 unspecified atom stereocenters. The van der Waals surface area contributed by atoms with Crippen molar-refractivity contribution in [3.8, 4) is 0 Å². The second kappa shape index (κ2) is 7.20. The summed E-state index contributed by atoms with van der Waals surface area (Å²) in [6, 6.07) is 0. The first-order valence-electron chi connectivity index (χ1n) is 6.90. The maximum absolute atomic E-state index is 11.3. The summed E-state index contributed by atoms with van der Waals surface area (Å²) < 4.78 is 27.2. The lowest BCUT2D eigenvalue weighted by Gasteiger charge is -2.37. The second-order valence-corrected chi connectivity index (χ2v) is 5.01. The van der Waals surface area contributed by atoms with Crippen molar-refractivity contribution in [3.05, 3.63) is 0 Å². The van der Waals surface area contributed by atoms with Gasteiger partial charge in [-0.3, -0.25) is 9.59 Å². The molecule has 122 valence electrons. The molecule has 0 radical (unpaired) electrons. The van der Waals surface area contributed by atoms with Crippen LogP contribution in [0.1, 0.15) is 34.1 Å². The van der Waals surface area contributed by atoms with E-state index in [1.807, 2.05) is 13.8 Å². The largest absolute Gasteiger partial charge is 0.453 e. The van der Waals surface area contributed by atoms with Gasteiger partial charge in [0.05, 0.1) is 6.10 Å². The fourth-order valence-corrected chi connectivity index (χ4v) is 2.77. The zero-order chi connectivity index (χ0) is 16.2. The fourth-order valence-electron chi connectivity index (χ4n) is 2.77. The number of ether oxygens (including phenoxy) is 5. The van der Waals surface area contributed by atoms with Crippen LogP contribution in [0, 0.1) is 0 Å². The smallest absolute Gasteiger partial charge is 0.305 e. The Hall–Kier alpha value is -1.18. The Balaban J connectivity index is 3.16. The van der Waals surface area contributed by atoms with Crippen LogP contribution >= 0.6 is 0 Å². The third-order valence-electron chi connectivity index (χ3n) is 3.82. The van der Waals surface area contributed by atoms with Gasteiger partial charge in [-0.15, -0.1) is 0 Å². The first kappa shape index (κ1) is 17.9. The Kier molecular flexibility index (Phi) is 6.12. The van der Waals surface area contributed by atoms with Gasteiger partial charge in [-0.1, -0.05) is 6.92 Å². The molecule has 1 fully saturated rings. The van der Waals surface area contributed by atoms with Crippen molar-refractivity contribution >= 4 is 11.9 Å². The Morgan fingerprint density at radius 3 is 2.14 bits per heavy atom. The van der Waals surface area contributed by atoms with E-state index in [0.29, 0.717) is 6.42 Å². The molecule has 0 saturated carbocycles. The van der Waals surface area contributed by atoms with Crippen molar-refractivity contribution in [2.45, 2.75) is 64.3 Å². The van der Waals surface area contributed by atoms with Crippen molar-refractivity contribution in [1.82, 2.24) is 0 Å². The SMILES string of the molecule is CC[C@]1([C@H](C)OC)OC(OC(C)=O)[C@H](OC(C)=O)[C@@H]1OC. The van der Waals surface area contributed by atoms with Crippen LogP contribution < -0.4 is 0 Å². The lowest BCUT2D eigenvalue weighted by Crippen LogP contribution is -2.53. The van der Waals surface area contributed by atoms with Gasteiger partial charge in [-0.05, 0) is 13.3 Å². The quantitative estimate of drug-likeness (QED) is 0.678. The molecule has 0 aromatic rings. The first-order chi connectivity index (χ1) is 9.82. The third kappa shape index (κ3) is 3.53. The standard InChI is InChI=1S/C14H24O7/c1-7-14(8(2)17-5)12(18-6)11(19-9(3)15)13(21-14)20-10(4)16/h8,11-13H,7H2,1-6H3/t8-,11+,12-,13?,14+/m0/s1. The van der Waals surface area contributed by atoms with E-state index >= 15 is 0 Å².